The van der Waals surface area contributed by atoms with Crippen LogP contribution in [0, 0.1) is 5.92 Å². The molecule has 1 aliphatic carbocycles. The average Bonchev–Trinajstić information content (AvgIpc) is 2.64. The fourth-order valence-electron chi connectivity index (χ4n) is 4.89. The standard InChI is InChI=1S/C21H25O2P/c22-21-14-8-7-13-19(21)18(16-9-3-1-4-10-16)15-20(24(21)23)17-11-5-2-6-12-17/h1-6,9-12,18-20,22,24H,7-8,13-15H2/t18-,19-,20-,21+/m1/s1. The van der Waals surface area contributed by atoms with Crippen LogP contribution in [0.3, 0.4) is 0 Å². The lowest BCUT2D eigenvalue weighted by atomic mass is 9.72. The van der Waals surface area contributed by atoms with Gasteiger partial charge in [0, 0.05) is 11.6 Å². The van der Waals surface area contributed by atoms with Crippen LogP contribution in [0.1, 0.15) is 54.8 Å². The SMILES string of the molecule is O=[P@@H]1[C@@H](c2ccccc2)C[C@H](c2ccccc2)[C@H]2CCCC[C@@]21O. The van der Waals surface area contributed by atoms with Crippen LogP contribution in [0.2, 0.25) is 0 Å². The van der Waals surface area contributed by atoms with Gasteiger partial charge in [0.2, 0.25) is 0 Å². The fraction of sp³-hybridized carbons (Fsp3) is 0.429. The van der Waals surface area contributed by atoms with E-state index in [0.717, 1.165) is 31.2 Å². The molecule has 2 nitrogen and oxygen atoms in total. The van der Waals surface area contributed by atoms with Gasteiger partial charge >= 0.3 is 0 Å². The van der Waals surface area contributed by atoms with E-state index < -0.39 is 13.1 Å². The fourth-order valence-corrected chi connectivity index (χ4v) is 7.59. The Morgan fingerprint density at radius 1 is 0.917 bits per heavy atom. The molecule has 0 aromatic heterocycles. The van der Waals surface area contributed by atoms with Gasteiger partial charge in [0.05, 0.1) is 0 Å². The molecule has 24 heavy (non-hydrogen) atoms. The van der Waals surface area contributed by atoms with Gasteiger partial charge in [0.1, 0.15) is 13.1 Å². The van der Waals surface area contributed by atoms with E-state index in [-0.39, 0.29) is 11.6 Å². The van der Waals surface area contributed by atoms with E-state index in [4.69, 9.17) is 0 Å². The zero-order chi connectivity index (χ0) is 16.6. The van der Waals surface area contributed by atoms with E-state index in [0.29, 0.717) is 12.3 Å². The molecule has 1 N–H and O–H groups in total. The first kappa shape index (κ1) is 16.1. The number of benzene rings is 2. The molecule has 5 atom stereocenters. The maximum atomic E-state index is 13.4. The predicted octanol–water partition coefficient (Wildman–Crippen LogP) is 5.35. The lowest BCUT2D eigenvalue weighted by Crippen LogP contribution is -2.44. The molecule has 1 heterocycles. The summed E-state index contributed by atoms with van der Waals surface area (Å²) in [5, 5.41) is 10.5. The Bertz CT molecular complexity index is 715. The summed E-state index contributed by atoms with van der Waals surface area (Å²) in [6.45, 7) is 0. The number of hydrogen-bond donors (Lipinski definition) is 1. The molecule has 4 rings (SSSR count). The molecule has 3 heteroatoms. The van der Waals surface area contributed by atoms with Gasteiger partial charge in [0.15, 0.2) is 0 Å². The molecule has 2 aromatic rings. The minimum atomic E-state index is -2.11. The molecular weight excluding hydrogens is 315 g/mol. The number of hydrogen-bond acceptors (Lipinski definition) is 2. The zero-order valence-electron chi connectivity index (χ0n) is 13.9. The minimum Gasteiger partial charge on any atom is -0.382 e. The van der Waals surface area contributed by atoms with Crippen LogP contribution >= 0.6 is 7.80 Å². The third-order valence-electron chi connectivity index (χ3n) is 6.08. The summed E-state index contributed by atoms with van der Waals surface area (Å²) < 4.78 is 13.4. The summed E-state index contributed by atoms with van der Waals surface area (Å²) in [5.74, 6) is 0.435. The van der Waals surface area contributed by atoms with E-state index in [9.17, 15) is 9.67 Å². The highest BCUT2D eigenvalue weighted by atomic mass is 31.1. The number of rotatable bonds is 2. The van der Waals surface area contributed by atoms with Crippen LogP contribution < -0.4 is 0 Å². The second-order valence-electron chi connectivity index (χ2n) is 7.36. The van der Waals surface area contributed by atoms with Crippen LogP contribution in [0.5, 0.6) is 0 Å². The van der Waals surface area contributed by atoms with Crippen molar-refractivity contribution in [1.82, 2.24) is 0 Å². The summed E-state index contributed by atoms with van der Waals surface area (Å²) in [7, 11) is -2.11. The quantitative estimate of drug-likeness (QED) is 0.748. The molecule has 2 fully saturated rings. The van der Waals surface area contributed by atoms with Gasteiger partial charge in [0.25, 0.3) is 0 Å². The van der Waals surface area contributed by atoms with Crippen LogP contribution in [0.4, 0.5) is 0 Å². The van der Waals surface area contributed by atoms with Gasteiger partial charge in [-0.15, -0.1) is 0 Å². The summed E-state index contributed by atoms with van der Waals surface area (Å²) in [6.07, 6.45) is 4.71. The van der Waals surface area contributed by atoms with Gasteiger partial charge in [-0.2, -0.15) is 0 Å². The lowest BCUT2D eigenvalue weighted by Gasteiger charge is -2.50. The Hall–Kier alpha value is -1.37. The summed E-state index contributed by atoms with van der Waals surface area (Å²) in [4.78, 5) is 0. The Balaban J connectivity index is 1.77. The first-order valence-electron chi connectivity index (χ1n) is 9.07. The summed E-state index contributed by atoms with van der Waals surface area (Å²) in [6, 6.07) is 20.7. The monoisotopic (exact) mass is 340 g/mol. The van der Waals surface area contributed by atoms with Crippen molar-refractivity contribution >= 4 is 7.80 Å². The maximum absolute atomic E-state index is 13.4. The van der Waals surface area contributed by atoms with Crippen LogP contribution in [0.15, 0.2) is 60.7 Å². The highest BCUT2D eigenvalue weighted by molar-refractivity contribution is 7.46. The third-order valence-corrected chi connectivity index (χ3v) is 8.76. The molecular formula is C21H25O2P. The molecule has 0 unspecified atom stereocenters. The first-order valence-corrected chi connectivity index (χ1v) is 10.6. The van der Waals surface area contributed by atoms with Crippen LogP contribution in [0.25, 0.3) is 0 Å². The molecule has 0 radical (unpaired) electrons. The molecule has 1 aliphatic heterocycles. The molecule has 2 aromatic carbocycles. The minimum absolute atomic E-state index is 0.0132. The van der Waals surface area contributed by atoms with Gasteiger partial charge in [-0.3, -0.25) is 0 Å². The van der Waals surface area contributed by atoms with Crippen LogP contribution in [-0.2, 0) is 4.57 Å². The van der Waals surface area contributed by atoms with Crippen molar-refractivity contribution < 1.29 is 9.67 Å². The normalized spacial score (nSPS) is 36.0. The van der Waals surface area contributed by atoms with E-state index >= 15 is 0 Å². The van der Waals surface area contributed by atoms with Crippen molar-refractivity contribution in [1.29, 1.82) is 0 Å². The number of aliphatic hydroxyl groups is 1. The van der Waals surface area contributed by atoms with E-state index in [1.807, 2.05) is 24.3 Å². The van der Waals surface area contributed by atoms with Crippen molar-refractivity contribution in [2.75, 3.05) is 0 Å². The molecule has 1 saturated heterocycles. The Morgan fingerprint density at radius 3 is 2.21 bits per heavy atom. The highest BCUT2D eigenvalue weighted by Crippen LogP contribution is 2.67. The predicted molar refractivity (Wildman–Crippen MR) is 98.9 cm³/mol. The van der Waals surface area contributed by atoms with Crippen molar-refractivity contribution in [2.45, 2.75) is 49.0 Å². The molecule has 0 spiro atoms. The largest absolute Gasteiger partial charge is 0.382 e. The molecule has 1 saturated carbocycles. The second-order valence-corrected chi connectivity index (χ2v) is 9.65. The Labute approximate surface area is 144 Å². The maximum Gasteiger partial charge on any atom is 0.119 e. The van der Waals surface area contributed by atoms with Crippen molar-refractivity contribution in [2.24, 2.45) is 5.92 Å². The van der Waals surface area contributed by atoms with Crippen molar-refractivity contribution in [3.05, 3.63) is 71.8 Å². The molecule has 0 bridgehead atoms. The van der Waals surface area contributed by atoms with Crippen molar-refractivity contribution in [3.63, 3.8) is 0 Å². The summed E-state index contributed by atoms with van der Waals surface area (Å²) in [5.41, 5.74) is 2.40. The van der Waals surface area contributed by atoms with Gasteiger partial charge in [-0.1, -0.05) is 73.5 Å². The molecule has 126 valence electrons. The number of fused-ring (bicyclic) bond motifs is 1. The van der Waals surface area contributed by atoms with Crippen LogP contribution in [-0.4, -0.2) is 10.4 Å². The Morgan fingerprint density at radius 2 is 1.54 bits per heavy atom. The average molecular weight is 340 g/mol. The molecule has 2 aliphatic rings. The smallest absolute Gasteiger partial charge is 0.119 e. The summed E-state index contributed by atoms with van der Waals surface area (Å²) >= 11 is 0. The van der Waals surface area contributed by atoms with Crippen molar-refractivity contribution in [3.8, 4) is 0 Å². The van der Waals surface area contributed by atoms with Gasteiger partial charge < -0.3 is 9.67 Å². The third kappa shape index (κ3) is 2.66. The van der Waals surface area contributed by atoms with E-state index in [2.05, 4.69) is 36.4 Å². The molecule has 0 amide bonds. The van der Waals surface area contributed by atoms with E-state index in [1.54, 1.807) is 0 Å². The second kappa shape index (κ2) is 6.50. The van der Waals surface area contributed by atoms with Gasteiger partial charge in [-0.05, 0) is 36.3 Å². The topological polar surface area (TPSA) is 37.3 Å². The van der Waals surface area contributed by atoms with Gasteiger partial charge in [-0.25, -0.2) is 0 Å². The first-order chi connectivity index (χ1) is 11.7. The van der Waals surface area contributed by atoms with E-state index in [1.165, 1.54) is 5.56 Å². The highest BCUT2D eigenvalue weighted by Gasteiger charge is 2.54. The zero-order valence-corrected chi connectivity index (χ0v) is 14.9. The Kier molecular flexibility index (Phi) is 4.37. The lowest BCUT2D eigenvalue weighted by molar-refractivity contribution is 0.00307.